The average Bonchev–Trinajstić information content (AvgIpc) is 3.22. The molecule has 1 aromatic heterocycles. The smallest absolute Gasteiger partial charge is 0.145 e. The van der Waals surface area contributed by atoms with E-state index in [9.17, 15) is 4.39 Å². The van der Waals surface area contributed by atoms with Gasteiger partial charge in [-0.2, -0.15) is 0 Å². The van der Waals surface area contributed by atoms with Crippen molar-refractivity contribution in [3.05, 3.63) is 47.5 Å². The second kappa shape index (κ2) is 8.16. The molecule has 8 heteroatoms. The first kappa shape index (κ1) is 18.7. The molecule has 0 aliphatic carbocycles. The Labute approximate surface area is 167 Å². The Morgan fingerprint density at radius 3 is 2.93 bits per heavy atom. The van der Waals surface area contributed by atoms with Gasteiger partial charge >= 0.3 is 0 Å². The van der Waals surface area contributed by atoms with E-state index in [4.69, 9.17) is 21.1 Å². The summed E-state index contributed by atoms with van der Waals surface area (Å²) in [6.45, 7) is 2.54. The molecule has 4 rings (SSSR count). The van der Waals surface area contributed by atoms with Gasteiger partial charge in [0.25, 0.3) is 0 Å². The van der Waals surface area contributed by atoms with Crippen molar-refractivity contribution in [2.75, 3.05) is 32.1 Å². The fourth-order valence-corrected chi connectivity index (χ4v) is 3.41. The summed E-state index contributed by atoms with van der Waals surface area (Å²) < 4.78 is 25.0. The van der Waals surface area contributed by atoms with E-state index in [1.54, 1.807) is 13.2 Å². The van der Waals surface area contributed by atoms with E-state index in [0.717, 1.165) is 24.9 Å². The van der Waals surface area contributed by atoms with Crippen LogP contribution in [-0.4, -0.2) is 36.8 Å². The van der Waals surface area contributed by atoms with Gasteiger partial charge in [-0.3, -0.25) is 0 Å². The monoisotopic (exact) mass is 402 g/mol. The SMILES string of the molecule is COc1cc(OCC2CCNC2)c2c(Nc3ccc(F)c(Cl)c3)ncnc2c1. The van der Waals surface area contributed by atoms with Gasteiger partial charge in [-0.25, -0.2) is 14.4 Å². The minimum Gasteiger partial charge on any atom is -0.497 e. The summed E-state index contributed by atoms with van der Waals surface area (Å²) in [5.74, 6) is 1.82. The Bertz CT molecular complexity index is 995. The van der Waals surface area contributed by atoms with Crippen LogP contribution in [0.4, 0.5) is 15.9 Å². The van der Waals surface area contributed by atoms with E-state index in [1.165, 1.54) is 18.5 Å². The number of aromatic nitrogens is 2. The normalized spacial score (nSPS) is 16.3. The molecule has 1 unspecified atom stereocenters. The van der Waals surface area contributed by atoms with Gasteiger partial charge in [0, 0.05) is 30.3 Å². The average molecular weight is 403 g/mol. The number of ether oxygens (including phenoxy) is 2. The van der Waals surface area contributed by atoms with Crippen molar-refractivity contribution in [2.24, 2.45) is 5.92 Å². The van der Waals surface area contributed by atoms with Crippen molar-refractivity contribution in [2.45, 2.75) is 6.42 Å². The molecule has 6 nitrogen and oxygen atoms in total. The molecule has 1 aliphatic rings. The lowest BCUT2D eigenvalue weighted by Gasteiger charge is -2.16. The highest BCUT2D eigenvalue weighted by molar-refractivity contribution is 6.31. The van der Waals surface area contributed by atoms with Crippen LogP contribution >= 0.6 is 11.6 Å². The molecule has 0 bridgehead atoms. The van der Waals surface area contributed by atoms with Crippen LogP contribution in [0.25, 0.3) is 10.9 Å². The van der Waals surface area contributed by atoms with Crippen LogP contribution in [-0.2, 0) is 0 Å². The highest BCUT2D eigenvalue weighted by atomic mass is 35.5. The lowest BCUT2D eigenvalue weighted by molar-refractivity contribution is 0.261. The first-order valence-electron chi connectivity index (χ1n) is 9.02. The third-order valence-corrected chi connectivity index (χ3v) is 5.02. The molecule has 1 fully saturated rings. The molecular formula is C20H20ClFN4O2. The van der Waals surface area contributed by atoms with Crippen molar-refractivity contribution in [1.29, 1.82) is 0 Å². The van der Waals surface area contributed by atoms with Gasteiger partial charge in [0.2, 0.25) is 0 Å². The molecule has 2 N–H and O–H groups in total. The molecule has 3 aromatic rings. The third-order valence-electron chi connectivity index (χ3n) is 4.73. The second-order valence-corrected chi connectivity index (χ2v) is 7.07. The Balaban J connectivity index is 1.71. The number of methoxy groups -OCH3 is 1. The maximum atomic E-state index is 13.5. The number of fused-ring (bicyclic) bond motifs is 1. The molecule has 1 saturated heterocycles. The molecule has 1 aliphatic heterocycles. The van der Waals surface area contributed by atoms with E-state index in [2.05, 4.69) is 20.6 Å². The van der Waals surface area contributed by atoms with E-state index >= 15 is 0 Å². The summed E-state index contributed by atoms with van der Waals surface area (Å²) in [6, 6.07) is 8.07. The summed E-state index contributed by atoms with van der Waals surface area (Å²) in [5, 5.41) is 7.29. The predicted molar refractivity (Wildman–Crippen MR) is 107 cm³/mol. The van der Waals surface area contributed by atoms with E-state index in [0.29, 0.717) is 41.0 Å². The molecule has 2 heterocycles. The summed E-state index contributed by atoms with van der Waals surface area (Å²) in [6.07, 6.45) is 2.54. The van der Waals surface area contributed by atoms with Gasteiger partial charge < -0.3 is 20.1 Å². The molecule has 146 valence electrons. The Hall–Kier alpha value is -2.64. The van der Waals surface area contributed by atoms with Gasteiger partial charge in [-0.15, -0.1) is 0 Å². The lowest BCUT2D eigenvalue weighted by atomic mass is 10.1. The molecule has 28 heavy (non-hydrogen) atoms. The minimum atomic E-state index is -0.473. The van der Waals surface area contributed by atoms with Crippen molar-refractivity contribution in [3.63, 3.8) is 0 Å². The summed E-state index contributed by atoms with van der Waals surface area (Å²) in [7, 11) is 1.60. The van der Waals surface area contributed by atoms with Crippen molar-refractivity contribution >= 4 is 34.0 Å². The number of nitrogens with one attached hydrogen (secondary N) is 2. The number of nitrogens with zero attached hydrogens (tertiary/aromatic N) is 2. The first-order chi connectivity index (χ1) is 13.6. The molecule has 1 atom stereocenters. The summed E-state index contributed by atoms with van der Waals surface area (Å²) in [4.78, 5) is 8.71. The van der Waals surface area contributed by atoms with Crippen molar-refractivity contribution < 1.29 is 13.9 Å². The highest BCUT2D eigenvalue weighted by Gasteiger charge is 2.18. The van der Waals surface area contributed by atoms with Crippen molar-refractivity contribution in [1.82, 2.24) is 15.3 Å². The fourth-order valence-electron chi connectivity index (χ4n) is 3.23. The van der Waals surface area contributed by atoms with Crippen LogP contribution in [0.3, 0.4) is 0 Å². The Morgan fingerprint density at radius 2 is 2.18 bits per heavy atom. The number of hydrogen-bond acceptors (Lipinski definition) is 6. The number of rotatable bonds is 6. The molecular weight excluding hydrogens is 383 g/mol. The Morgan fingerprint density at radius 1 is 1.29 bits per heavy atom. The van der Waals surface area contributed by atoms with E-state index < -0.39 is 5.82 Å². The maximum absolute atomic E-state index is 13.5. The van der Waals surface area contributed by atoms with Gasteiger partial charge in [0.15, 0.2) is 0 Å². The van der Waals surface area contributed by atoms with Crippen LogP contribution in [0.1, 0.15) is 6.42 Å². The fraction of sp³-hybridized carbons (Fsp3) is 0.300. The number of benzene rings is 2. The minimum absolute atomic E-state index is 0.0373. The number of anilines is 2. The second-order valence-electron chi connectivity index (χ2n) is 6.67. The predicted octanol–water partition coefficient (Wildman–Crippen LogP) is 4.16. The molecule has 0 saturated carbocycles. The number of halogens is 2. The zero-order valence-corrected chi connectivity index (χ0v) is 16.1. The quantitative estimate of drug-likeness (QED) is 0.645. The summed E-state index contributed by atoms with van der Waals surface area (Å²) in [5.41, 5.74) is 1.30. The zero-order chi connectivity index (χ0) is 19.5. The highest BCUT2D eigenvalue weighted by Crippen LogP contribution is 2.36. The topological polar surface area (TPSA) is 68.3 Å². The molecule has 2 aromatic carbocycles. The summed E-state index contributed by atoms with van der Waals surface area (Å²) >= 11 is 5.90. The Kier molecular flexibility index (Phi) is 5.45. The molecule has 0 amide bonds. The van der Waals surface area contributed by atoms with Crippen LogP contribution in [0, 0.1) is 11.7 Å². The third kappa shape index (κ3) is 3.95. The van der Waals surface area contributed by atoms with Gasteiger partial charge in [0.1, 0.15) is 29.5 Å². The maximum Gasteiger partial charge on any atom is 0.145 e. The standard InChI is InChI=1S/C20H20ClFN4O2/c1-27-14-7-17-19(18(8-14)28-10-12-4-5-23-9-12)20(25-11-24-17)26-13-2-3-16(22)15(21)6-13/h2-3,6-8,11-12,23H,4-5,9-10H2,1H3,(H,24,25,26). The van der Waals surface area contributed by atoms with Crippen LogP contribution in [0.5, 0.6) is 11.5 Å². The molecule has 0 spiro atoms. The molecule has 0 radical (unpaired) electrons. The largest absolute Gasteiger partial charge is 0.497 e. The van der Waals surface area contributed by atoms with Crippen molar-refractivity contribution in [3.8, 4) is 11.5 Å². The van der Waals surface area contributed by atoms with Crippen LogP contribution < -0.4 is 20.1 Å². The zero-order valence-electron chi connectivity index (χ0n) is 15.3. The van der Waals surface area contributed by atoms with Gasteiger partial charge in [0.05, 0.1) is 29.6 Å². The lowest BCUT2D eigenvalue weighted by Crippen LogP contribution is -2.15. The van der Waals surface area contributed by atoms with Crippen LogP contribution in [0.2, 0.25) is 5.02 Å². The number of hydrogen-bond donors (Lipinski definition) is 2. The van der Waals surface area contributed by atoms with Crippen LogP contribution in [0.15, 0.2) is 36.7 Å². The van der Waals surface area contributed by atoms with Gasteiger partial charge in [-0.1, -0.05) is 11.6 Å². The van der Waals surface area contributed by atoms with Gasteiger partial charge in [-0.05, 0) is 31.2 Å². The first-order valence-corrected chi connectivity index (χ1v) is 9.40. The van der Waals surface area contributed by atoms with E-state index in [1.807, 2.05) is 12.1 Å². The van der Waals surface area contributed by atoms with E-state index in [-0.39, 0.29) is 5.02 Å².